The van der Waals surface area contributed by atoms with E-state index in [1.165, 1.54) is 86.9 Å². The van der Waals surface area contributed by atoms with E-state index in [4.69, 9.17) is 18.9 Å². The van der Waals surface area contributed by atoms with Gasteiger partial charge in [0.2, 0.25) is 0 Å². The van der Waals surface area contributed by atoms with Gasteiger partial charge in [-0.2, -0.15) is 0 Å². The number of methoxy groups -OCH3 is 4. The van der Waals surface area contributed by atoms with Crippen LogP contribution < -0.4 is 28.7 Å². The second-order valence-electron chi connectivity index (χ2n) is 20.0. The summed E-state index contributed by atoms with van der Waals surface area (Å²) < 4.78 is 23.0. The Labute approximate surface area is 443 Å². The molecule has 6 nitrogen and oxygen atoms in total. The fraction of sp³-hybridized carbons (Fsp3) is 0.114. The zero-order valence-electron chi connectivity index (χ0n) is 44.0. The summed E-state index contributed by atoms with van der Waals surface area (Å²) in [6, 6.07) is 70.9. The second-order valence-corrected chi connectivity index (χ2v) is 20.0. The van der Waals surface area contributed by atoms with Crippen LogP contribution in [0.2, 0.25) is 0 Å². The Kier molecular flexibility index (Phi) is 11.2. The van der Waals surface area contributed by atoms with Crippen molar-refractivity contribution in [3.8, 4) is 45.3 Å². The number of aryl methyl sites for hydroxylation is 4. The third kappa shape index (κ3) is 7.08. The van der Waals surface area contributed by atoms with E-state index in [1.54, 1.807) is 28.4 Å². The number of hydrogen-bond donors (Lipinski definition) is 0. The highest BCUT2D eigenvalue weighted by Crippen LogP contribution is 2.58. The first-order chi connectivity index (χ1) is 37.2. The molecule has 13 aromatic rings. The Balaban J connectivity index is 1.17. The molecule has 0 atom stereocenters. The molecule has 0 spiro atoms. The molecule has 0 saturated heterocycles. The zero-order valence-corrected chi connectivity index (χ0v) is 44.0. The molecule has 0 bridgehead atoms. The number of anilines is 6. The van der Waals surface area contributed by atoms with Crippen molar-refractivity contribution >= 4 is 98.8 Å². The maximum Gasteiger partial charge on any atom is 0.119 e. The zero-order chi connectivity index (χ0) is 51.9. The van der Waals surface area contributed by atoms with Crippen LogP contribution in [-0.2, 0) is 0 Å². The fourth-order valence-electron chi connectivity index (χ4n) is 12.4. The van der Waals surface area contributed by atoms with Crippen molar-refractivity contribution < 1.29 is 18.9 Å². The van der Waals surface area contributed by atoms with Gasteiger partial charge in [-0.15, -0.1) is 0 Å². The van der Waals surface area contributed by atoms with Crippen LogP contribution >= 0.6 is 0 Å². The molecule has 0 unspecified atom stereocenters. The number of nitrogens with zero attached hydrogens (tertiary/aromatic N) is 2. The minimum Gasteiger partial charge on any atom is -0.497 e. The smallest absolute Gasteiger partial charge is 0.119 e. The lowest BCUT2D eigenvalue weighted by molar-refractivity contribution is 0.414. The number of hydrogen-bond acceptors (Lipinski definition) is 6. The van der Waals surface area contributed by atoms with Crippen LogP contribution in [0.1, 0.15) is 22.3 Å². The maximum absolute atomic E-state index is 5.74. The molecule has 0 aromatic heterocycles. The molecule has 0 aliphatic heterocycles. The molecule has 0 radical (unpaired) electrons. The van der Waals surface area contributed by atoms with Gasteiger partial charge in [0.1, 0.15) is 23.0 Å². The van der Waals surface area contributed by atoms with Gasteiger partial charge in [-0.05, 0) is 211 Å². The molecular weight excluding hydrogens is 933 g/mol. The van der Waals surface area contributed by atoms with E-state index < -0.39 is 0 Å². The predicted octanol–water partition coefficient (Wildman–Crippen LogP) is 19.0. The van der Waals surface area contributed by atoms with Gasteiger partial charge in [0, 0.05) is 33.5 Å². The van der Waals surface area contributed by atoms with Gasteiger partial charge in [0.15, 0.2) is 0 Å². The molecule has 0 saturated carbocycles. The molecule has 0 fully saturated rings. The Hall–Kier alpha value is -9.26. The lowest BCUT2D eigenvalue weighted by atomic mass is 9.87. The van der Waals surface area contributed by atoms with Crippen molar-refractivity contribution in [3.05, 3.63) is 216 Å². The predicted molar refractivity (Wildman–Crippen MR) is 319 cm³/mol. The van der Waals surface area contributed by atoms with E-state index in [1.807, 2.05) is 0 Å². The normalized spacial score (nSPS) is 11.7. The van der Waals surface area contributed by atoms with Crippen molar-refractivity contribution in [3.63, 3.8) is 0 Å². The summed E-state index contributed by atoms with van der Waals surface area (Å²) >= 11 is 0. The van der Waals surface area contributed by atoms with Gasteiger partial charge in [0.05, 0.1) is 39.8 Å². The van der Waals surface area contributed by atoms with E-state index in [2.05, 4.69) is 232 Å². The van der Waals surface area contributed by atoms with Crippen LogP contribution in [0.3, 0.4) is 0 Å². The molecule has 6 heteroatoms. The quantitative estimate of drug-likeness (QED) is 0.122. The summed E-state index contributed by atoms with van der Waals surface area (Å²) in [5.41, 5.74) is 15.7. The Morgan fingerprint density at radius 3 is 0.816 bits per heavy atom. The van der Waals surface area contributed by atoms with Gasteiger partial charge in [-0.1, -0.05) is 109 Å². The summed E-state index contributed by atoms with van der Waals surface area (Å²) in [7, 11) is 6.90. The summed E-state index contributed by atoms with van der Waals surface area (Å²) in [6.07, 6.45) is 0. The van der Waals surface area contributed by atoms with Gasteiger partial charge >= 0.3 is 0 Å². The minimum atomic E-state index is 0.823. The molecule has 13 rings (SSSR count). The van der Waals surface area contributed by atoms with E-state index in [-0.39, 0.29) is 0 Å². The van der Waals surface area contributed by atoms with Crippen LogP contribution in [0, 0.1) is 27.7 Å². The fourth-order valence-corrected chi connectivity index (χ4v) is 12.4. The number of benzene rings is 11. The molecule has 13 aromatic carbocycles. The highest BCUT2D eigenvalue weighted by atomic mass is 16.5. The Bertz CT molecular complexity index is 3950. The van der Waals surface area contributed by atoms with Gasteiger partial charge in [0.25, 0.3) is 0 Å². The standard InChI is InChI=1S/C70H56N2O4/c1-41-37-47(73-5)25-31-57(41)71(58-32-26-48(74-6)38-42(58)2)61-35-29-55-65-51(61)21-15-23-53(65)67-63(45-17-11-9-12-18-45)68-54-24-16-22-52-62(36-30-56(66(52)54)70(68)64(69(55)67)46-19-13-10-14-20-46)72(59-33-27-49(75-7)39-43(59)3)60-34-28-50(76-8)40-44(60)4/h9-40H,1-8H3. The summed E-state index contributed by atoms with van der Waals surface area (Å²) in [5, 5.41) is 14.7. The largest absolute Gasteiger partial charge is 0.497 e. The van der Waals surface area contributed by atoms with E-state index in [0.717, 1.165) is 79.4 Å². The summed E-state index contributed by atoms with van der Waals surface area (Å²) in [6.45, 7) is 8.66. The number of rotatable bonds is 12. The maximum atomic E-state index is 5.74. The molecule has 0 heterocycles. The van der Waals surface area contributed by atoms with Gasteiger partial charge in [-0.25, -0.2) is 0 Å². The molecule has 0 N–H and O–H groups in total. The first-order valence-electron chi connectivity index (χ1n) is 25.9. The van der Waals surface area contributed by atoms with Crippen LogP contribution in [0.15, 0.2) is 194 Å². The monoisotopic (exact) mass is 988 g/mol. The lowest BCUT2D eigenvalue weighted by Crippen LogP contribution is -2.13. The Morgan fingerprint density at radius 2 is 0.526 bits per heavy atom. The third-order valence-electron chi connectivity index (χ3n) is 15.8. The van der Waals surface area contributed by atoms with Crippen molar-refractivity contribution in [1.82, 2.24) is 0 Å². The van der Waals surface area contributed by atoms with Crippen LogP contribution in [0.25, 0.3) is 86.9 Å². The van der Waals surface area contributed by atoms with Crippen molar-refractivity contribution in [1.29, 1.82) is 0 Å². The SMILES string of the molecule is COc1ccc(N(c2ccc(OC)cc2C)c2ccc3c4c(-c5ccccc5)c5c6ccc(N(c7ccc(OC)cc7C)c7ccc(OC)cc7C)c7cccc(c5c(-c5ccccc5)c4c4cccc2c43)c76)c(C)c1. The molecule has 0 aliphatic rings. The minimum absolute atomic E-state index is 0.823. The summed E-state index contributed by atoms with van der Waals surface area (Å²) in [4.78, 5) is 4.84. The van der Waals surface area contributed by atoms with Crippen LogP contribution in [0.5, 0.6) is 23.0 Å². The average molecular weight is 989 g/mol. The molecule has 76 heavy (non-hydrogen) atoms. The highest BCUT2D eigenvalue weighted by molar-refractivity contribution is 6.47. The van der Waals surface area contributed by atoms with Crippen molar-refractivity contribution in [2.24, 2.45) is 0 Å². The van der Waals surface area contributed by atoms with Crippen molar-refractivity contribution in [2.45, 2.75) is 27.7 Å². The Morgan fingerprint density at radius 1 is 0.250 bits per heavy atom. The lowest BCUT2D eigenvalue weighted by Gasteiger charge is -2.30. The molecule has 370 valence electrons. The molecular formula is C70H56N2O4. The van der Waals surface area contributed by atoms with Gasteiger partial charge < -0.3 is 28.7 Å². The van der Waals surface area contributed by atoms with Crippen LogP contribution in [0.4, 0.5) is 34.1 Å². The topological polar surface area (TPSA) is 43.4 Å². The summed E-state index contributed by atoms with van der Waals surface area (Å²) in [5.74, 6) is 3.29. The number of fused-ring (bicyclic) bond motifs is 6. The first kappa shape index (κ1) is 46.5. The third-order valence-corrected chi connectivity index (χ3v) is 15.8. The first-order valence-corrected chi connectivity index (χ1v) is 25.9. The highest BCUT2D eigenvalue weighted by Gasteiger charge is 2.31. The second kappa shape index (κ2) is 18.3. The average Bonchev–Trinajstić information content (AvgIpc) is 4.00. The van der Waals surface area contributed by atoms with Crippen LogP contribution in [-0.4, -0.2) is 28.4 Å². The molecule has 0 aliphatic carbocycles. The molecule has 0 amide bonds. The van der Waals surface area contributed by atoms with E-state index in [9.17, 15) is 0 Å². The van der Waals surface area contributed by atoms with E-state index >= 15 is 0 Å². The van der Waals surface area contributed by atoms with Crippen molar-refractivity contribution in [2.75, 3.05) is 38.2 Å². The van der Waals surface area contributed by atoms with Gasteiger partial charge in [-0.3, -0.25) is 0 Å². The number of ether oxygens (including phenoxy) is 4. The van der Waals surface area contributed by atoms with E-state index in [0.29, 0.717) is 0 Å².